The summed E-state index contributed by atoms with van der Waals surface area (Å²) in [6, 6.07) is 10.1. The summed E-state index contributed by atoms with van der Waals surface area (Å²) in [5.41, 5.74) is 1.10. The molecular weight excluding hydrogens is 468 g/mol. The van der Waals surface area contributed by atoms with Gasteiger partial charge in [-0.3, -0.25) is 0 Å². The lowest BCUT2D eigenvalue weighted by Crippen LogP contribution is -2.23. The lowest BCUT2D eigenvalue weighted by Gasteiger charge is -2.17. The van der Waals surface area contributed by atoms with Crippen LogP contribution in [-0.2, 0) is 21.1 Å². The SMILES string of the molecule is CCCCCCCCCCCCCCCCCCOCC(CSCCCO)OOCc1ccccc1. The summed E-state index contributed by atoms with van der Waals surface area (Å²) >= 11 is 1.78. The Kier molecular flexibility index (Phi) is 25.5. The zero-order valence-electron chi connectivity index (χ0n) is 23.3. The molecule has 0 heterocycles. The van der Waals surface area contributed by atoms with E-state index in [-0.39, 0.29) is 12.7 Å². The number of unbranched alkanes of at least 4 members (excludes halogenated alkanes) is 15. The molecule has 0 amide bonds. The summed E-state index contributed by atoms with van der Waals surface area (Å²) in [4.78, 5) is 11.1. The highest BCUT2D eigenvalue weighted by Crippen LogP contribution is 2.14. The van der Waals surface area contributed by atoms with Crippen LogP contribution < -0.4 is 0 Å². The van der Waals surface area contributed by atoms with Gasteiger partial charge in [-0.2, -0.15) is 11.8 Å². The molecule has 1 unspecified atom stereocenters. The minimum Gasteiger partial charge on any atom is -0.396 e. The highest BCUT2D eigenvalue weighted by molar-refractivity contribution is 7.99. The molecule has 1 rings (SSSR count). The highest BCUT2D eigenvalue weighted by Gasteiger charge is 2.11. The van der Waals surface area contributed by atoms with Crippen molar-refractivity contribution < 1.29 is 19.6 Å². The molecule has 0 radical (unpaired) electrons. The van der Waals surface area contributed by atoms with Crippen molar-refractivity contribution in [3.8, 4) is 0 Å². The number of benzene rings is 1. The molecule has 0 aliphatic carbocycles. The van der Waals surface area contributed by atoms with Crippen LogP contribution in [0.25, 0.3) is 0 Å². The van der Waals surface area contributed by atoms with Gasteiger partial charge in [0.05, 0.1) is 6.61 Å². The Bertz CT molecular complexity index is 543. The second-order valence-electron chi connectivity index (χ2n) is 10.00. The maximum atomic E-state index is 8.98. The quantitative estimate of drug-likeness (QED) is 0.0673. The molecule has 0 aromatic heterocycles. The average molecular weight is 525 g/mol. The minimum atomic E-state index is -0.0848. The van der Waals surface area contributed by atoms with Gasteiger partial charge in [-0.15, -0.1) is 0 Å². The van der Waals surface area contributed by atoms with Crippen LogP contribution in [0.15, 0.2) is 30.3 Å². The fourth-order valence-corrected chi connectivity index (χ4v) is 5.14. The summed E-state index contributed by atoms with van der Waals surface area (Å²) < 4.78 is 5.91. The van der Waals surface area contributed by atoms with Crippen molar-refractivity contribution in [3.63, 3.8) is 0 Å². The van der Waals surface area contributed by atoms with Gasteiger partial charge in [0.15, 0.2) is 0 Å². The molecule has 1 N–H and O–H groups in total. The van der Waals surface area contributed by atoms with Crippen LogP contribution in [0.2, 0.25) is 0 Å². The molecule has 0 aliphatic heterocycles. The molecule has 0 saturated heterocycles. The molecule has 36 heavy (non-hydrogen) atoms. The number of hydrogen-bond acceptors (Lipinski definition) is 5. The Morgan fingerprint density at radius 3 is 1.83 bits per heavy atom. The first-order valence-electron chi connectivity index (χ1n) is 14.9. The lowest BCUT2D eigenvalue weighted by atomic mass is 10.0. The van der Waals surface area contributed by atoms with Crippen molar-refractivity contribution in [1.82, 2.24) is 0 Å². The number of thioether (sulfide) groups is 1. The Morgan fingerprint density at radius 1 is 0.722 bits per heavy atom. The topological polar surface area (TPSA) is 47.9 Å². The maximum Gasteiger partial charge on any atom is 0.125 e. The Hall–Kier alpha value is -0.590. The molecule has 0 saturated carbocycles. The van der Waals surface area contributed by atoms with E-state index in [1.807, 2.05) is 30.3 Å². The van der Waals surface area contributed by atoms with E-state index >= 15 is 0 Å². The zero-order chi connectivity index (χ0) is 25.8. The summed E-state index contributed by atoms with van der Waals surface area (Å²) in [6.45, 7) is 4.31. The van der Waals surface area contributed by atoms with E-state index in [4.69, 9.17) is 19.6 Å². The van der Waals surface area contributed by atoms with Gasteiger partial charge in [-0.1, -0.05) is 134 Å². The van der Waals surface area contributed by atoms with Gasteiger partial charge in [-0.05, 0) is 24.2 Å². The van der Waals surface area contributed by atoms with Gasteiger partial charge >= 0.3 is 0 Å². The van der Waals surface area contributed by atoms with Crippen LogP contribution in [0.4, 0.5) is 0 Å². The van der Waals surface area contributed by atoms with Gasteiger partial charge in [0, 0.05) is 19.0 Å². The molecule has 0 bridgehead atoms. The normalized spacial score (nSPS) is 12.3. The third kappa shape index (κ3) is 22.6. The summed E-state index contributed by atoms with van der Waals surface area (Å²) in [5, 5.41) is 8.98. The van der Waals surface area contributed by atoms with E-state index in [2.05, 4.69) is 6.92 Å². The third-order valence-corrected chi connectivity index (χ3v) is 7.65. The maximum absolute atomic E-state index is 8.98. The van der Waals surface area contributed by atoms with E-state index in [0.29, 0.717) is 13.2 Å². The van der Waals surface area contributed by atoms with Gasteiger partial charge in [0.2, 0.25) is 0 Å². The number of rotatable bonds is 28. The molecule has 0 aliphatic rings. The number of ether oxygens (including phenoxy) is 1. The van der Waals surface area contributed by atoms with Gasteiger partial charge < -0.3 is 9.84 Å². The standard InChI is InChI=1S/C31H56O4S/c1-2-3-4-5-6-7-8-9-10-11-12-13-14-15-16-20-25-33-28-31(29-36-26-21-24-32)35-34-27-30-22-18-17-19-23-30/h17-19,22-23,31-32H,2-16,20-21,24-29H2,1H3. The average Bonchev–Trinajstić information content (AvgIpc) is 2.90. The van der Waals surface area contributed by atoms with Crippen LogP contribution in [0, 0.1) is 0 Å². The van der Waals surface area contributed by atoms with Crippen molar-refractivity contribution in [2.24, 2.45) is 0 Å². The summed E-state index contributed by atoms with van der Waals surface area (Å²) in [5.74, 6) is 1.74. The highest BCUT2D eigenvalue weighted by atomic mass is 32.2. The van der Waals surface area contributed by atoms with Crippen LogP contribution in [0.3, 0.4) is 0 Å². The van der Waals surface area contributed by atoms with E-state index in [1.165, 1.54) is 96.3 Å². The smallest absolute Gasteiger partial charge is 0.125 e. The second-order valence-corrected chi connectivity index (χ2v) is 11.1. The predicted octanol–water partition coefficient (Wildman–Crippen LogP) is 8.90. The number of hydrogen-bond donors (Lipinski definition) is 1. The largest absolute Gasteiger partial charge is 0.396 e. The fraction of sp³-hybridized carbons (Fsp3) is 0.806. The van der Waals surface area contributed by atoms with Crippen LogP contribution in [0.1, 0.15) is 122 Å². The molecule has 1 aromatic rings. The van der Waals surface area contributed by atoms with E-state index < -0.39 is 0 Å². The van der Waals surface area contributed by atoms with E-state index in [9.17, 15) is 0 Å². The molecular formula is C31H56O4S. The minimum absolute atomic E-state index is 0.0848. The van der Waals surface area contributed by atoms with Crippen LogP contribution >= 0.6 is 11.8 Å². The third-order valence-electron chi connectivity index (χ3n) is 6.47. The first-order chi connectivity index (χ1) is 17.9. The monoisotopic (exact) mass is 524 g/mol. The Morgan fingerprint density at radius 2 is 1.28 bits per heavy atom. The fourth-order valence-electron chi connectivity index (χ4n) is 4.22. The van der Waals surface area contributed by atoms with Gasteiger partial charge in [-0.25, -0.2) is 9.78 Å². The second kappa shape index (κ2) is 27.4. The van der Waals surface area contributed by atoms with Crippen molar-refractivity contribution in [2.45, 2.75) is 129 Å². The van der Waals surface area contributed by atoms with Crippen molar-refractivity contribution >= 4 is 11.8 Å². The Labute approximate surface area is 227 Å². The van der Waals surface area contributed by atoms with E-state index in [0.717, 1.165) is 36.5 Å². The molecule has 0 fully saturated rings. The zero-order valence-corrected chi connectivity index (χ0v) is 24.1. The summed E-state index contributed by atoms with van der Waals surface area (Å²) in [7, 11) is 0. The molecule has 210 valence electrons. The van der Waals surface area contributed by atoms with E-state index in [1.54, 1.807) is 11.8 Å². The van der Waals surface area contributed by atoms with Crippen molar-refractivity contribution in [2.75, 3.05) is 31.3 Å². The first-order valence-corrected chi connectivity index (χ1v) is 16.1. The first kappa shape index (κ1) is 33.4. The van der Waals surface area contributed by atoms with Crippen LogP contribution in [-0.4, -0.2) is 42.5 Å². The number of aliphatic hydroxyl groups excluding tert-OH is 1. The van der Waals surface area contributed by atoms with Crippen molar-refractivity contribution in [3.05, 3.63) is 35.9 Å². The molecule has 0 spiro atoms. The predicted molar refractivity (Wildman–Crippen MR) is 155 cm³/mol. The van der Waals surface area contributed by atoms with Crippen LogP contribution in [0.5, 0.6) is 0 Å². The molecule has 4 nitrogen and oxygen atoms in total. The van der Waals surface area contributed by atoms with Crippen molar-refractivity contribution in [1.29, 1.82) is 0 Å². The summed E-state index contributed by atoms with van der Waals surface area (Å²) in [6.07, 6.45) is 22.8. The molecule has 1 atom stereocenters. The lowest BCUT2D eigenvalue weighted by molar-refractivity contribution is -0.333. The van der Waals surface area contributed by atoms with Gasteiger partial charge in [0.25, 0.3) is 0 Å². The Balaban J connectivity index is 1.93. The number of aliphatic hydroxyl groups is 1. The molecule has 1 aromatic carbocycles. The molecule has 5 heteroatoms. The van der Waals surface area contributed by atoms with Gasteiger partial charge in [0.1, 0.15) is 12.7 Å².